The lowest BCUT2D eigenvalue weighted by Gasteiger charge is -1.94. The second kappa shape index (κ2) is 4.41. The van der Waals surface area contributed by atoms with Gasteiger partial charge in [-0.1, -0.05) is 6.58 Å². The second-order valence-electron chi connectivity index (χ2n) is 1.95. The Morgan fingerprint density at radius 2 is 2.27 bits per heavy atom. The zero-order chi connectivity index (χ0) is 8.85. The number of hydrogen-bond donors (Lipinski definition) is 0. The molecular weight excluding hydrogens is 144 g/mol. The molecule has 0 unspecified atom stereocenters. The molecule has 60 valence electrons. The first kappa shape index (κ1) is 9.59. The molecule has 0 atom stereocenters. The summed E-state index contributed by atoms with van der Waals surface area (Å²) in [7, 11) is 0. The Kier molecular flexibility index (Phi) is 3.85. The smallest absolute Gasteiger partial charge is 0.421 e. The Hall–Kier alpha value is -1.41. The number of carbonyl (C=O) groups excluding carboxylic acids is 1. The summed E-state index contributed by atoms with van der Waals surface area (Å²) in [6, 6.07) is 0. The third-order valence-electron chi connectivity index (χ3n) is 0.973. The highest BCUT2D eigenvalue weighted by Gasteiger charge is 2.21. The van der Waals surface area contributed by atoms with Gasteiger partial charge in [0.05, 0.1) is 6.61 Å². The third-order valence-corrected chi connectivity index (χ3v) is 0.973. The molecule has 0 aliphatic carbocycles. The van der Waals surface area contributed by atoms with E-state index in [4.69, 9.17) is 5.53 Å². The van der Waals surface area contributed by atoms with Gasteiger partial charge in [-0.05, 0) is 13.8 Å². The molecule has 4 nitrogen and oxygen atoms in total. The van der Waals surface area contributed by atoms with Gasteiger partial charge in [-0.25, -0.2) is 4.79 Å². The molecule has 0 saturated heterocycles. The predicted molar refractivity (Wildman–Crippen MR) is 40.1 cm³/mol. The van der Waals surface area contributed by atoms with Gasteiger partial charge in [-0.3, -0.25) is 0 Å². The second-order valence-corrected chi connectivity index (χ2v) is 1.95. The highest BCUT2D eigenvalue weighted by Crippen LogP contribution is 1.92. The van der Waals surface area contributed by atoms with Gasteiger partial charge in [-0.15, -0.1) is 0 Å². The Morgan fingerprint density at radius 3 is 2.55 bits per heavy atom. The molecule has 0 rings (SSSR count). The molecule has 11 heavy (non-hydrogen) atoms. The minimum Gasteiger partial charge on any atom is -0.457 e. The number of ether oxygens (including phenoxy) is 1. The van der Waals surface area contributed by atoms with Crippen LogP contribution in [0, 0.1) is 0 Å². The van der Waals surface area contributed by atoms with Crippen LogP contribution in [-0.4, -0.2) is 23.1 Å². The number of rotatable bonds is 3. The van der Waals surface area contributed by atoms with Crippen molar-refractivity contribution in [2.24, 2.45) is 0 Å². The number of carbonyl (C=O) groups is 1. The third kappa shape index (κ3) is 2.78. The fourth-order valence-corrected chi connectivity index (χ4v) is 0.500. The first-order valence-electron chi connectivity index (χ1n) is 3.18. The number of hydrogen-bond acceptors (Lipinski definition) is 2. The maximum absolute atomic E-state index is 10.8. The van der Waals surface area contributed by atoms with E-state index in [1.54, 1.807) is 13.8 Å². The molecule has 4 heteroatoms. The van der Waals surface area contributed by atoms with E-state index in [0.717, 1.165) is 0 Å². The molecule has 0 N–H and O–H groups in total. The van der Waals surface area contributed by atoms with Crippen molar-refractivity contribution >= 4 is 11.7 Å². The van der Waals surface area contributed by atoms with Gasteiger partial charge in [0.15, 0.2) is 0 Å². The summed E-state index contributed by atoms with van der Waals surface area (Å²) in [6.07, 6.45) is 0. The SMILES string of the molecule is C=C(C)C(=[N+]=[N-])C(=O)OCC. The van der Waals surface area contributed by atoms with Crippen molar-refractivity contribution in [3.05, 3.63) is 17.7 Å². The number of esters is 1. The summed E-state index contributed by atoms with van der Waals surface area (Å²) < 4.78 is 4.57. The van der Waals surface area contributed by atoms with Gasteiger partial charge >= 0.3 is 11.7 Å². The van der Waals surface area contributed by atoms with Crippen LogP contribution in [0.15, 0.2) is 12.2 Å². The van der Waals surface area contributed by atoms with E-state index < -0.39 is 5.97 Å². The molecule has 0 heterocycles. The van der Waals surface area contributed by atoms with Crippen LogP contribution in [0.5, 0.6) is 0 Å². The van der Waals surface area contributed by atoms with Crippen molar-refractivity contribution in [1.82, 2.24) is 0 Å². The van der Waals surface area contributed by atoms with Crippen LogP contribution in [0.25, 0.3) is 5.53 Å². The monoisotopic (exact) mass is 154 g/mol. The van der Waals surface area contributed by atoms with Gasteiger partial charge < -0.3 is 10.3 Å². The summed E-state index contributed by atoms with van der Waals surface area (Å²) in [6.45, 7) is 6.93. The Morgan fingerprint density at radius 1 is 1.73 bits per heavy atom. The molecular formula is C7H10N2O2. The van der Waals surface area contributed by atoms with Crippen molar-refractivity contribution in [2.75, 3.05) is 6.61 Å². The van der Waals surface area contributed by atoms with Gasteiger partial charge in [0.2, 0.25) is 0 Å². The van der Waals surface area contributed by atoms with Crippen LogP contribution in [0.2, 0.25) is 0 Å². The largest absolute Gasteiger partial charge is 0.457 e. The van der Waals surface area contributed by atoms with Crippen LogP contribution >= 0.6 is 0 Å². The zero-order valence-electron chi connectivity index (χ0n) is 6.63. The van der Waals surface area contributed by atoms with Crippen LogP contribution in [-0.2, 0) is 9.53 Å². The van der Waals surface area contributed by atoms with Gasteiger partial charge in [-0.2, -0.15) is 4.79 Å². The van der Waals surface area contributed by atoms with E-state index in [1.165, 1.54) is 0 Å². The summed E-state index contributed by atoms with van der Waals surface area (Å²) >= 11 is 0. The molecule has 0 fully saturated rings. The molecule has 0 spiro atoms. The standard InChI is InChI=1S/C7H10N2O2/c1-4-11-7(10)6(9-8)5(2)3/h2,4H2,1,3H3. The predicted octanol–water partition coefficient (Wildman–Crippen LogP) is 0.796. The van der Waals surface area contributed by atoms with Crippen LogP contribution in [0.1, 0.15) is 13.8 Å². The van der Waals surface area contributed by atoms with Crippen LogP contribution in [0.3, 0.4) is 0 Å². The molecule has 0 aromatic carbocycles. The van der Waals surface area contributed by atoms with Crippen LogP contribution in [0.4, 0.5) is 0 Å². The van der Waals surface area contributed by atoms with Gasteiger partial charge in [0.25, 0.3) is 0 Å². The van der Waals surface area contributed by atoms with Crippen molar-refractivity contribution in [1.29, 1.82) is 0 Å². The lowest BCUT2D eigenvalue weighted by atomic mass is 10.2. The molecule has 0 aliphatic rings. The quantitative estimate of drug-likeness (QED) is 0.261. The molecule has 0 aliphatic heterocycles. The summed E-state index contributed by atoms with van der Waals surface area (Å²) in [4.78, 5) is 13.6. The summed E-state index contributed by atoms with van der Waals surface area (Å²) in [5.41, 5.74) is 8.57. The van der Waals surface area contributed by atoms with E-state index >= 15 is 0 Å². The average molecular weight is 154 g/mol. The maximum Gasteiger partial charge on any atom is 0.421 e. The minimum absolute atomic E-state index is 0.133. The molecule has 0 bridgehead atoms. The fourth-order valence-electron chi connectivity index (χ4n) is 0.500. The lowest BCUT2D eigenvalue weighted by Crippen LogP contribution is -2.19. The molecule has 0 amide bonds. The summed E-state index contributed by atoms with van der Waals surface area (Å²) in [5.74, 6) is -0.650. The van der Waals surface area contributed by atoms with E-state index in [0.29, 0.717) is 5.57 Å². The minimum atomic E-state index is -0.650. The van der Waals surface area contributed by atoms with Crippen molar-refractivity contribution in [3.63, 3.8) is 0 Å². The van der Waals surface area contributed by atoms with Crippen molar-refractivity contribution < 1.29 is 14.3 Å². The number of nitrogens with zero attached hydrogens (tertiary/aromatic N) is 2. The Labute approximate surface area is 65.1 Å². The van der Waals surface area contributed by atoms with E-state index in [1.807, 2.05) is 0 Å². The van der Waals surface area contributed by atoms with Gasteiger partial charge in [0.1, 0.15) is 0 Å². The highest BCUT2D eigenvalue weighted by molar-refractivity contribution is 6.40. The normalized spacial score (nSPS) is 8.18. The Bertz CT molecular complexity index is 227. The van der Waals surface area contributed by atoms with Crippen molar-refractivity contribution in [3.8, 4) is 0 Å². The topological polar surface area (TPSA) is 62.7 Å². The molecule has 0 aromatic rings. The molecule has 0 radical (unpaired) electrons. The highest BCUT2D eigenvalue weighted by atomic mass is 16.5. The summed E-state index contributed by atoms with van der Waals surface area (Å²) in [5, 5.41) is 0. The van der Waals surface area contributed by atoms with E-state index in [-0.39, 0.29) is 12.3 Å². The zero-order valence-corrected chi connectivity index (χ0v) is 6.63. The average Bonchev–Trinajstić information content (AvgIpc) is 1.88. The van der Waals surface area contributed by atoms with Gasteiger partial charge in [0, 0.05) is 5.57 Å². The maximum atomic E-state index is 10.8. The van der Waals surface area contributed by atoms with Crippen LogP contribution < -0.4 is 0 Å². The first-order valence-corrected chi connectivity index (χ1v) is 3.18. The molecule has 0 saturated carbocycles. The fraction of sp³-hybridized carbons (Fsp3) is 0.429. The Balaban J connectivity index is 4.42. The van der Waals surface area contributed by atoms with E-state index in [2.05, 4.69) is 16.1 Å². The van der Waals surface area contributed by atoms with Crippen molar-refractivity contribution in [2.45, 2.75) is 13.8 Å². The van der Waals surface area contributed by atoms with E-state index in [9.17, 15) is 4.79 Å². The molecule has 0 aromatic heterocycles. The first-order chi connectivity index (χ1) is 5.13. The lowest BCUT2D eigenvalue weighted by molar-refractivity contribution is -0.139.